The lowest BCUT2D eigenvalue weighted by molar-refractivity contribution is 0.154. The second-order valence-corrected chi connectivity index (χ2v) is 4.74. The molecule has 0 atom stereocenters. The molecule has 0 unspecified atom stereocenters. The van der Waals surface area contributed by atoms with Crippen molar-refractivity contribution >= 4 is 10.9 Å². The van der Waals surface area contributed by atoms with Gasteiger partial charge in [-0.15, -0.1) is 0 Å². The number of aromatic nitrogens is 1. The third-order valence-electron chi connectivity index (χ3n) is 3.42. The number of para-hydroxylation sites is 1. The van der Waals surface area contributed by atoms with Crippen molar-refractivity contribution < 1.29 is 4.74 Å². The van der Waals surface area contributed by atoms with E-state index < -0.39 is 0 Å². The Bertz CT molecular complexity index is 503. The van der Waals surface area contributed by atoms with E-state index in [9.17, 15) is 0 Å². The van der Waals surface area contributed by atoms with E-state index in [2.05, 4.69) is 17.1 Å². The summed E-state index contributed by atoms with van der Waals surface area (Å²) in [6.07, 6.45) is 8.57. The van der Waals surface area contributed by atoms with Crippen molar-refractivity contribution in [3.8, 4) is 5.75 Å². The van der Waals surface area contributed by atoms with E-state index >= 15 is 0 Å². The second kappa shape index (κ2) is 4.74. The Morgan fingerprint density at radius 3 is 2.76 bits per heavy atom. The fourth-order valence-electron chi connectivity index (χ4n) is 2.49. The summed E-state index contributed by atoms with van der Waals surface area (Å²) in [5.41, 5.74) is 1.03. The molecule has 2 aromatic rings. The van der Waals surface area contributed by atoms with Crippen LogP contribution in [0.3, 0.4) is 0 Å². The summed E-state index contributed by atoms with van der Waals surface area (Å²) in [5, 5.41) is 1.15. The Kier molecular flexibility index (Phi) is 2.95. The largest absolute Gasteiger partial charge is 0.489 e. The van der Waals surface area contributed by atoms with Gasteiger partial charge in [-0.1, -0.05) is 24.6 Å². The molecule has 0 amide bonds. The quantitative estimate of drug-likeness (QED) is 0.775. The van der Waals surface area contributed by atoms with Gasteiger partial charge in [0.05, 0.1) is 17.8 Å². The van der Waals surface area contributed by atoms with Crippen molar-refractivity contribution in [2.24, 2.45) is 0 Å². The van der Waals surface area contributed by atoms with Crippen LogP contribution in [0.5, 0.6) is 5.75 Å². The molecular formula is C15H17NO. The molecule has 17 heavy (non-hydrogen) atoms. The van der Waals surface area contributed by atoms with Crippen molar-refractivity contribution in [3.63, 3.8) is 0 Å². The second-order valence-electron chi connectivity index (χ2n) is 4.74. The van der Waals surface area contributed by atoms with Crippen molar-refractivity contribution in [1.29, 1.82) is 0 Å². The van der Waals surface area contributed by atoms with Crippen molar-refractivity contribution in [2.75, 3.05) is 0 Å². The van der Waals surface area contributed by atoms with Crippen LogP contribution in [0.15, 0.2) is 36.5 Å². The van der Waals surface area contributed by atoms with Crippen LogP contribution in [-0.4, -0.2) is 11.1 Å². The Labute approximate surface area is 102 Å². The summed E-state index contributed by atoms with van der Waals surface area (Å²) >= 11 is 0. The zero-order valence-corrected chi connectivity index (χ0v) is 9.93. The van der Waals surface area contributed by atoms with Gasteiger partial charge in [0, 0.05) is 5.39 Å². The van der Waals surface area contributed by atoms with Gasteiger partial charge >= 0.3 is 0 Å². The maximum atomic E-state index is 6.00. The molecule has 2 nitrogen and oxygen atoms in total. The lowest BCUT2D eigenvalue weighted by atomic mass is 9.98. The predicted octanol–water partition coefficient (Wildman–Crippen LogP) is 3.95. The molecule has 2 heteroatoms. The Hall–Kier alpha value is -1.57. The number of pyridine rings is 1. The average molecular weight is 227 g/mol. The summed E-state index contributed by atoms with van der Waals surface area (Å²) in [6.45, 7) is 0. The molecule has 1 fully saturated rings. The minimum absolute atomic E-state index is 0.395. The minimum Gasteiger partial charge on any atom is -0.489 e. The molecule has 0 saturated heterocycles. The molecule has 0 spiro atoms. The van der Waals surface area contributed by atoms with Gasteiger partial charge in [-0.2, -0.15) is 0 Å². The number of fused-ring (bicyclic) bond motifs is 1. The van der Waals surface area contributed by atoms with Gasteiger partial charge in [0.15, 0.2) is 0 Å². The fourth-order valence-corrected chi connectivity index (χ4v) is 2.49. The number of benzene rings is 1. The smallest absolute Gasteiger partial charge is 0.138 e. The monoisotopic (exact) mass is 227 g/mol. The van der Waals surface area contributed by atoms with Gasteiger partial charge in [-0.3, -0.25) is 4.98 Å². The first-order chi connectivity index (χ1) is 8.42. The van der Waals surface area contributed by atoms with E-state index in [0.717, 1.165) is 16.7 Å². The van der Waals surface area contributed by atoms with E-state index in [1.54, 1.807) is 0 Å². The molecule has 1 heterocycles. The van der Waals surface area contributed by atoms with E-state index in [1.165, 1.54) is 32.1 Å². The lowest BCUT2D eigenvalue weighted by Crippen LogP contribution is -2.19. The molecule has 1 aliphatic rings. The number of rotatable bonds is 2. The lowest BCUT2D eigenvalue weighted by Gasteiger charge is -2.22. The van der Waals surface area contributed by atoms with Crippen LogP contribution in [0, 0.1) is 0 Å². The standard InChI is InChI=1S/C15H17NO/c1-2-7-13(8-3-1)17-14-10-12-6-4-5-9-15(12)16-11-14/h4-6,9-11,13H,1-3,7-8H2. The maximum absolute atomic E-state index is 6.00. The van der Waals surface area contributed by atoms with Crippen LogP contribution < -0.4 is 4.74 Å². The molecule has 3 rings (SSSR count). The Morgan fingerprint density at radius 2 is 1.88 bits per heavy atom. The van der Waals surface area contributed by atoms with Crippen molar-refractivity contribution in [3.05, 3.63) is 36.5 Å². The van der Waals surface area contributed by atoms with Crippen molar-refractivity contribution in [1.82, 2.24) is 4.98 Å². The molecule has 1 aliphatic carbocycles. The number of hydrogen-bond acceptors (Lipinski definition) is 2. The molecular weight excluding hydrogens is 210 g/mol. The third-order valence-corrected chi connectivity index (χ3v) is 3.42. The highest BCUT2D eigenvalue weighted by atomic mass is 16.5. The van der Waals surface area contributed by atoms with Gasteiger partial charge in [0.25, 0.3) is 0 Å². The molecule has 88 valence electrons. The van der Waals surface area contributed by atoms with Gasteiger partial charge in [0.2, 0.25) is 0 Å². The Morgan fingerprint density at radius 1 is 1.06 bits per heavy atom. The predicted molar refractivity (Wildman–Crippen MR) is 69.2 cm³/mol. The van der Waals surface area contributed by atoms with Crippen LogP contribution in [-0.2, 0) is 0 Å². The van der Waals surface area contributed by atoms with E-state index in [1.807, 2.05) is 24.4 Å². The number of ether oxygens (including phenoxy) is 1. The first-order valence-corrected chi connectivity index (χ1v) is 6.43. The van der Waals surface area contributed by atoms with Crippen LogP contribution in [0.4, 0.5) is 0 Å². The minimum atomic E-state index is 0.395. The highest BCUT2D eigenvalue weighted by Crippen LogP contribution is 2.24. The maximum Gasteiger partial charge on any atom is 0.138 e. The highest BCUT2D eigenvalue weighted by Gasteiger charge is 2.14. The molecule has 1 aromatic carbocycles. The zero-order chi connectivity index (χ0) is 11.5. The SMILES string of the molecule is c1ccc2ncc(OC3CCCCC3)cc2c1. The van der Waals surface area contributed by atoms with E-state index in [4.69, 9.17) is 4.74 Å². The van der Waals surface area contributed by atoms with Gasteiger partial charge in [-0.05, 0) is 37.8 Å². The van der Waals surface area contributed by atoms with Crippen LogP contribution in [0.25, 0.3) is 10.9 Å². The molecule has 0 bridgehead atoms. The third kappa shape index (κ3) is 2.41. The van der Waals surface area contributed by atoms with E-state index in [-0.39, 0.29) is 0 Å². The molecule has 0 radical (unpaired) electrons. The van der Waals surface area contributed by atoms with Gasteiger partial charge < -0.3 is 4.74 Å². The first kappa shape index (κ1) is 10.6. The van der Waals surface area contributed by atoms with Crippen LogP contribution in [0.1, 0.15) is 32.1 Å². The zero-order valence-electron chi connectivity index (χ0n) is 9.93. The normalized spacial score (nSPS) is 17.2. The summed E-state index contributed by atoms with van der Waals surface area (Å²) in [4.78, 5) is 4.42. The van der Waals surface area contributed by atoms with Crippen molar-refractivity contribution in [2.45, 2.75) is 38.2 Å². The molecule has 1 aromatic heterocycles. The summed E-state index contributed by atoms with van der Waals surface area (Å²) in [6, 6.07) is 10.2. The molecule has 1 saturated carbocycles. The summed E-state index contributed by atoms with van der Waals surface area (Å²) in [7, 11) is 0. The van der Waals surface area contributed by atoms with E-state index in [0.29, 0.717) is 6.10 Å². The Balaban J connectivity index is 1.80. The average Bonchev–Trinajstić information content (AvgIpc) is 2.40. The topological polar surface area (TPSA) is 22.1 Å². The van der Waals surface area contributed by atoms with Crippen LogP contribution >= 0.6 is 0 Å². The fraction of sp³-hybridized carbons (Fsp3) is 0.400. The van der Waals surface area contributed by atoms with Gasteiger partial charge in [0.1, 0.15) is 5.75 Å². The molecule has 0 N–H and O–H groups in total. The number of nitrogens with zero attached hydrogens (tertiary/aromatic N) is 1. The first-order valence-electron chi connectivity index (χ1n) is 6.43. The highest BCUT2D eigenvalue weighted by molar-refractivity contribution is 5.79. The molecule has 0 aliphatic heterocycles. The van der Waals surface area contributed by atoms with Gasteiger partial charge in [-0.25, -0.2) is 0 Å². The van der Waals surface area contributed by atoms with Crippen LogP contribution in [0.2, 0.25) is 0 Å². The summed E-state index contributed by atoms with van der Waals surface area (Å²) < 4.78 is 6.00. The summed E-state index contributed by atoms with van der Waals surface area (Å²) in [5.74, 6) is 0.913. The number of hydrogen-bond donors (Lipinski definition) is 0.